The van der Waals surface area contributed by atoms with E-state index in [1.807, 2.05) is 24.3 Å². The van der Waals surface area contributed by atoms with E-state index in [4.69, 9.17) is 4.74 Å². The first-order chi connectivity index (χ1) is 18.9. The largest absolute Gasteiger partial charge is 0.466 e. The van der Waals surface area contributed by atoms with Gasteiger partial charge in [-0.2, -0.15) is 0 Å². The molecule has 3 aromatic carbocycles. The maximum Gasteiger partial charge on any atom is 0.333 e. The molecule has 200 valence electrons. The molecule has 4 nitrogen and oxygen atoms in total. The van der Waals surface area contributed by atoms with Gasteiger partial charge in [0.25, 0.3) is 0 Å². The number of ether oxygens (including phenoxy) is 1. The molecule has 0 aliphatic heterocycles. The summed E-state index contributed by atoms with van der Waals surface area (Å²) in [4.78, 5) is 32.2. The lowest BCUT2D eigenvalue weighted by molar-refractivity contribution is -0.136. The number of methoxy groups -OCH3 is 1. The Hall–Kier alpha value is -4.27. The molecule has 0 unspecified atom stereocenters. The number of hydrogen-bond acceptors (Lipinski definition) is 4. The van der Waals surface area contributed by atoms with Gasteiger partial charge in [0.1, 0.15) is 12.6 Å². The first kappa shape index (κ1) is 31.0. The molecule has 0 amide bonds. The predicted molar refractivity (Wildman–Crippen MR) is 166 cm³/mol. The lowest BCUT2D eigenvalue weighted by Gasteiger charge is -2.28. The zero-order valence-electron chi connectivity index (χ0n) is 22.9. The molecular weight excluding hydrogens is 503 g/mol. The molecule has 0 saturated heterocycles. The summed E-state index contributed by atoms with van der Waals surface area (Å²) < 4.78 is 4.88. The Morgan fingerprint density at radius 2 is 0.974 bits per heavy atom. The SMILES string of the molecule is CC(C=O)=CC=CC=C(C)C=O.COC(=O)C(C)=CC=P(c1ccccc1)(c1ccccc1)c1ccccc1. The number of allylic oxidation sites excluding steroid dienone is 7. The number of hydrogen-bond donors (Lipinski definition) is 0. The Kier molecular flexibility index (Phi) is 13.1. The second kappa shape index (κ2) is 16.5. The Balaban J connectivity index is 0.000000377. The van der Waals surface area contributed by atoms with Crippen LogP contribution in [-0.4, -0.2) is 31.4 Å². The molecule has 0 aliphatic carbocycles. The average Bonchev–Trinajstić information content (AvgIpc) is 3.00. The van der Waals surface area contributed by atoms with E-state index < -0.39 is 6.89 Å². The highest BCUT2D eigenvalue weighted by molar-refractivity contribution is 7.94. The van der Waals surface area contributed by atoms with Crippen molar-refractivity contribution in [2.45, 2.75) is 20.8 Å². The van der Waals surface area contributed by atoms with Crippen LogP contribution in [0.1, 0.15) is 20.8 Å². The third-order valence-corrected chi connectivity index (χ3v) is 9.68. The normalized spacial score (nSPS) is 12.3. The fraction of sp³-hybridized carbons (Fsp3) is 0.118. The fourth-order valence-electron chi connectivity index (χ4n) is 3.64. The number of carbonyl (C=O) groups is 3. The molecule has 0 radical (unpaired) electrons. The molecule has 0 spiro atoms. The van der Waals surface area contributed by atoms with Crippen molar-refractivity contribution < 1.29 is 19.1 Å². The van der Waals surface area contributed by atoms with Crippen LogP contribution in [0.15, 0.2) is 138 Å². The van der Waals surface area contributed by atoms with Gasteiger partial charge in [0.15, 0.2) is 0 Å². The zero-order valence-corrected chi connectivity index (χ0v) is 23.8. The highest BCUT2D eigenvalue weighted by atomic mass is 31.2. The summed E-state index contributed by atoms with van der Waals surface area (Å²) in [5, 5.41) is 3.74. The fourth-order valence-corrected chi connectivity index (χ4v) is 7.43. The molecular formula is C34H35O4P. The van der Waals surface area contributed by atoms with Crippen LogP contribution in [0.25, 0.3) is 0 Å². The van der Waals surface area contributed by atoms with Crippen LogP contribution in [0.2, 0.25) is 0 Å². The number of rotatable bonds is 9. The topological polar surface area (TPSA) is 60.4 Å². The Morgan fingerprint density at radius 1 is 0.615 bits per heavy atom. The van der Waals surface area contributed by atoms with Gasteiger partial charge in [-0.25, -0.2) is 4.79 Å². The lowest BCUT2D eigenvalue weighted by Crippen LogP contribution is -2.26. The maximum atomic E-state index is 11.9. The monoisotopic (exact) mass is 538 g/mol. The van der Waals surface area contributed by atoms with E-state index in [-0.39, 0.29) is 5.97 Å². The van der Waals surface area contributed by atoms with Gasteiger partial charge in [0, 0.05) is 5.57 Å². The highest BCUT2D eigenvalue weighted by Crippen LogP contribution is 2.43. The van der Waals surface area contributed by atoms with E-state index in [0.29, 0.717) is 16.7 Å². The van der Waals surface area contributed by atoms with Crippen molar-refractivity contribution in [3.05, 3.63) is 138 Å². The molecule has 0 atom stereocenters. The van der Waals surface area contributed by atoms with Crippen molar-refractivity contribution >= 4 is 47.1 Å². The van der Waals surface area contributed by atoms with Crippen LogP contribution in [-0.2, 0) is 19.1 Å². The molecule has 0 aromatic heterocycles. The van der Waals surface area contributed by atoms with Gasteiger partial charge >= 0.3 is 5.97 Å². The molecule has 0 bridgehead atoms. The van der Waals surface area contributed by atoms with Crippen LogP contribution >= 0.6 is 6.89 Å². The molecule has 0 saturated carbocycles. The minimum absolute atomic E-state index is 0.307. The summed E-state index contributed by atoms with van der Waals surface area (Å²) in [5.74, 6) is 1.90. The van der Waals surface area contributed by atoms with Gasteiger partial charge < -0.3 is 4.74 Å². The second-order valence-electron chi connectivity index (χ2n) is 8.66. The first-order valence-electron chi connectivity index (χ1n) is 12.5. The molecule has 3 aromatic rings. The summed E-state index contributed by atoms with van der Waals surface area (Å²) in [7, 11) is 1.41. The van der Waals surface area contributed by atoms with Crippen molar-refractivity contribution in [1.82, 2.24) is 0 Å². The van der Waals surface area contributed by atoms with E-state index in [1.165, 1.54) is 23.0 Å². The molecule has 39 heavy (non-hydrogen) atoms. The van der Waals surface area contributed by atoms with Crippen molar-refractivity contribution in [2.24, 2.45) is 0 Å². The Bertz CT molecular complexity index is 1270. The smallest absolute Gasteiger partial charge is 0.333 e. The minimum atomic E-state index is -2.07. The number of carbonyl (C=O) groups excluding carboxylic acids is 3. The van der Waals surface area contributed by atoms with Gasteiger partial charge in [-0.1, -0.05) is 127 Å². The van der Waals surface area contributed by atoms with Gasteiger partial charge in [0.2, 0.25) is 0 Å². The molecule has 0 aliphatic rings. The molecule has 0 N–H and O–H groups in total. The third-order valence-electron chi connectivity index (χ3n) is 5.75. The Morgan fingerprint density at radius 3 is 1.28 bits per heavy atom. The van der Waals surface area contributed by atoms with E-state index >= 15 is 0 Å². The van der Waals surface area contributed by atoms with E-state index in [0.717, 1.165) is 12.6 Å². The van der Waals surface area contributed by atoms with Gasteiger partial charge in [-0.05, 0) is 54.7 Å². The van der Waals surface area contributed by atoms with Crippen molar-refractivity contribution in [1.29, 1.82) is 0 Å². The Labute approximate surface area is 232 Å². The van der Waals surface area contributed by atoms with Gasteiger partial charge in [0.05, 0.1) is 7.11 Å². The molecule has 0 heterocycles. The molecule has 0 fully saturated rings. The highest BCUT2D eigenvalue weighted by Gasteiger charge is 2.24. The quantitative estimate of drug-likeness (QED) is 0.115. The first-order valence-corrected chi connectivity index (χ1v) is 14.3. The van der Waals surface area contributed by atoms with Crippen molar-refractivity contribution in [3.8, 4) is 0 Å². The summed E-state index contributed by atoms with van der Waals surface area (Å²) in [5.41, 5.74) is 1.90. The lowest BCUT2D eigenvalue weighted by atomic mass is 10.2. The third kappa shape index (κ3) is 9.21. The van der Waals surface area contributed by atoms with E-state index in [2.05, 4.69) is 78.6 Å². The number of aldehydes is 2. The van der Waals surface area contributed by atoms with Crippen molar-refractivity contribution in [2.75, 3.05) is 7.11 Å². The maximum absolute atomic E-state index is 11.9. The van der Waals surface area contributed by atoms with E-state index in [9.17, 15) is 14.4 Å². The summed E-state index contributed by atoms with van der Waals surface area (Å²) in [6.07, 6.45) is 10.3. The summed E-state index contributed by atoms with van der Waals surface area (Å²) in [6, 6.07) is 31.5. The van der Waals surface area contributed by atoms with Crippen molar-refractivity contribution in [3.63, 3.8) is 0 Å². The number of esters is 1. The van der Waals surface area contributed by atoms with Crippen LogP contribution in [0.4, 0.5) is 0 Å². The predicted octanol–water partition coefficient (Wildman–Crippen LogP) is 5.74. The van der Waals surface area contributed by atoms with Gasteiger partial charge in [-0.3, -0.25) is 9.59 Å². The van der Waals surface area contributed by atoms with Crippen LogP contribution in [0, 0.1) is 0 Å². The van der Waals surface area contributed by atoms with E-state index in [1.54, 1.807) is 45.1 Å². The summed E-state index contributed by atoms with van der Waals surface area (Å²) >= 11 is 0. The number of benzene rings is 3. The van der Waals surface area contributed by atoms with Crippen LogP contribution in [0.5, 0.6) is 0 Å². The summed E-state index contributed by atoms with van der Waals surface area (Å²) in [6.45, 7) is 3.16. The second-order valence-corrected chi connectivity index (χ2v) is 12.0. The average molecular weight is 539 g/mol. The minimum Gasteiger partial charge on any atom is -0.466 e. The van der Waals surface area contributed by atoms with Gasteiger partial charge in [-0.15, -0.1) is 0 Å². The van der Waals surface area contributed by atoms with Crippen LogP contribution in [0.3, 0.4) is 0 Å². The standard InChI is InChI=1S/C24H23O2P.C10H12O2/c1-20(24(25)26-2)18-19-27(21-12-6-3-7-13-21,22-14-8-4-9-15-22)23-16-10-5-11-17-23;1-9(7-11)5-3-4-6-10(2)8-12/h3-19H,1-2H3;3-8H,1-2H3. The zero-order chi connectivity index (χ0) is 28.5. The molecule has 3 rings (SSSR count). The van der Waals surface area contributed by atoms with Crippen LogP contribution < -0.4 is 15.9 Å². The molecule has 5 heteroatoms.